The van der Waals surface area contributed by atoms with Gasteiger partial charge in [-0.15, -0.1) is 0 Å². The number of amides is 1. The Hall–Kier alpha value is -1.81. The van der Waals surface area contributed by atoms with Crippen molar-refractivity contribution >= 4 is 12.0 Å². The molecule has 1 aromatic carbocycles. The van der Waals surface area contributed by atoms with Crippen LogP contribution in [0.5, 0.6) is 5.75 Å². The molecule has 2 rings (SSSR count). The largest absolute Gasteiger partial charge is 0.507 e. The van der Waals surface area contributed by atoms with E-state index < -0.39 is 0 Å². The zero-order valence-electron chi connectivity index (χ0n) is 15.9. The molecule has 1 saturated heterocycles. The van der Waals surface area contributed by atoms with Crippen LogP contribution in [0.25, 0.3) is 6.08 Å². The summed E-state index contributed by atoms with van der Waals surface area (Å²) in [5, 5.41) is 12.1. The monoisotopic (exact) mass is 331 g/mol. The molecule has 1 heterocycles. The van der Waals surface area contributed by atoms with Gasteiger partial charge in [0.1, 0.15) is 5.75 Å². The number of benzene rings is 1. The fourth-order valence-corrected chi connectivity index (χ4v) is 2.98. The number of nitrogens with zero attached hydrogens (tertiary/aromatic N) is 1. The van der Waals surface area contributed by atoms with E-state index in [0.717, 1.165) is 22.3 Å². The van der Waals surface area contributed by atoms with Crippen LogP contribution in [-0.4, -0.2) is 29.7 Å². The van der Waals surface area contributed by atoms with Gasteiger partial charge in [-0.2, -0.15) is 0 Å². The van der Waals surface area contributed by atoms with Crippen LogP contribution in [0.4, 0.5) is 0 Å². The second kappa shape index (κ2) is 6.25. The molecular formula is C20H29NO3. The van der Waals surface area contributed by atoms with Gasteiger partial charge in [0.05, 0.1) is 13.7 Å². The molecule has 4 nitrogen and oxygen atoms in total. The Kier molecular flexibility index (Phi) is 4.82. The zero-order chi connectivity index (χ0) is 18.3. The maximum atomic E-state index is 12.3. The van der Waals surface area contributed by atoms with Gasteiger partial charge >= 0.3 is 0 Å². The first-order chi connectivity index (χ1) is 10.9. The number of phenols is 1. The summed E-state index contributed by atoms with van der Waals surface area (Å²) in [4.78, 5) is 17.3. The van der Waals surface area contributed by atoms with Crippen molar-refractivity contribution in [3.63, 3.8) is 0 Å². The molecule has 4 heteroatoms. The fourth-order valence-electron chi connectivity index (χ4n) is 2.98. The lowest BCUT2D eigenvalue weighted by Crippen LogP contribution is -2.23. The number of carbonyl (C=O) groups is 1. The molecule has 0 aliphatic carbocycles. The summed E-state index contributed by atoms with van der Waals surface area (Å²) in [7, 11) is 1.51. The Bertz CT molecular complexity index is 640. The Balaban J connectivity index is 2.58. The topological polar surface area (TPSA) is 49.8 Å². The molecule has 1 aromatic rings. The van der Waals surface area contributed by atoms with Gasteiger partial charge in [0.2, 0.25) is 0 Å². The third-order valence-corrected chi connectivity index (χ3v) is 4.40. The van der Waals surface area contributed by atoms with E-state index >= 15 is 0 Å². The highest BCUT2D eigenvalue weighted by molar-refractivity contribution is 5.99. The van der Waals surface area contributed by atoms with Crippen LogP contribution in [0.3, 0.4) is 0 Å². The maximum absolute atomic E-state index is 12.3. The first-order valence-electron chi connectivity index (χ1n) is 8.39. The van der Waals surface area contributed by atoms with Crippen LogP contribution in [-0.2, 0) is 20.5 Å². The molecule has 1 N–H and O–H groups in total. The van der Waals surface area contributed by atoms with Gasteiger partial charge in [-0.05, 0) is 41.0 Å². The van der Waals surface area contributed by atoms with E-state index in [1.807, 2.05) is 18.2 Å². The van der Waals surface area contributed by atoms with Crippen molar-refractivity contribution in [1.29, 1.82) is 0 Å². The highest BCUT2D eigenvalue weighted by Gasteiger charge is 2.28. The number of carbonyl (C=O) groups excluding carboxylic acids is 1. The third kappa shape index (κ3) is 3.64. The minimum absolute atomic E-state index is 0.0832. The first kappa shape index (κ1) is 18.5. The summed E-state index contributed by atoms with van der Waals surface area (Å²) in [6, 6.07) is 3.97. The van der Waals surface area contributed by atoms with Crippen LogP contribution in [0.2, 0.25) is 0 Å². The van der Waals surface area contributed by atoms with E-state index in [1.54, 1.807) is 0 Å². The minimum atomic E-state index is -0.184. The van der Waals surface area contributed by atoms with Crippen molar-refractivity contribution in [3.05, 3.63) is 34.4 Å². The summed E-state index contributed by atoms with van der Waals surface area (Å²) >= 11 is 0. The smallest absolute Gasteiger partial charge is 0.273 e. The van der Waals surface area contributed by atoms with Gasteiger partial charge in [0, 0.05) is 16.7 Å². The Morgan fingerprint density at radius 2 is 1.58 bits per heavy atom. The molecule has 0 aromatic heterocycles. The predicted molar refractivity (Wildman–Crippen MR) is 96.8 cm³/mol. The fraction of sp³-hybridized carbons (Fsp3) is 0.550. The molecule has 0 unspecified atom stereocenters. The van der Waals surface area contributed by atoms with E-state index in [0.29, 0.717) is 18.7 Å². The molecule has 0 saturated carbocycles. The van der Waals surface area contributed by atoms with Crippen molar-refractivity contribution in [2.75, 3.05) is 13.7 Å². The molecule has 0 bridgehead atoms. The maximum Gasteiger partial charge on any atom is 0.273 e. The van der Waals surface area contributed by atoms with Crippen LogP contribution in [0, 0.1) is 0 Å². The van der Waals surface area contributed by atoms with Gasteiger partial charge in [-0.25, -0.2) is 5.06 Å². The molecule has 1 amide bonds. The van der Waals surface area contributed by atoms with Gasteiger partial charge < -0.3 is 5.11 Å². The zero-order valence-corrected chi connectivity index (χ0v) is 15.9. The van der Waals surface area contributed by atoms with Gasteiger partial charge in [0.25, 0.3) is 5.91 Å². The number of rotatable bonds is 2. The Morgan fingerprint density at radius 3 is 1.96 bits per heavy atom. The normalized spacial score (nSPS) is 17.9. The van der Waals surface area contributed by atoms with E-state index in [9.17, 15) is 9.90 Å². The van der Waals surface area contributed by atoms with Gasteiger partial charge in [0.15, 0.2) is 0 Å². The number of aromatic hydroxyl groups is 1. The lowest BCUT2D eigenvalue weighted by Gasteiger charge is -2.28. The molecule has 132 valence electrons. The Morgan fingerprint density at radius 1 is 1.08 bits per heavy atom. The summed E-state index contributed by atoms with van der Waals surface area (Å²) in [5.74, 6) is 0.272. The van der Waals surface area contributed by atoms with Gasteiger partial charge in [-0.3, -0.25) is 9.63 Å². The van der Waals surface area contributed by atoms with E-state index in [1.165, 1.54) is 12.2 Å². The summed E-state index contributed by atoms with van der Waals surface area (Å²) in [6.07, 6.45) is 2.59. The predicted octanol–water partition coefficient (Wildman–Crippen LogP) is 4.16. The van der Waals surface area contributed by atoms with Crippen LogP contribution >= 0.6 is 0 Å². The van der Waals surface area contributed by atoms with Crippen molar-refractivity contribution in [1.82, 2.24) is 5.06 Å². The van der Waals surface area contributed by atoms with Crippen molar-refractivity contribution in [3.8, 4) is 5.75 Å². The lowest BCUT2D eigenvalue weighted by atomic mass is 9.78. The SMILES string of the molecule is CON1CC/C(=C/c2cc(C(C)(C)C)c(O)c(C(C)(C)C)c2)C1=O. The van der Waals surface area contributed by atoms with Crippen LogP contribution in [0.1, 0.15) is 64.7 Å². The number of phenolic OH excluding ortho intramolecular Hbond substituents is 1. The number of hydrogen-bond acceptors (Lipinski definition) is 3. The van der Waals surface area contributed by atoms with E-state index in [-0.39, 0.29) is 16.7 Å². The second-order valence-corrected chi connectivity index (χ2v) is 8.47. The van der Waals surface area contributed by atoms with Crippen molar-refractivity contribution < 1.29 is 14.7 Å². The molecule has 1 aliphatic heterocycles. The highest BCUT2D eigenvalue weighted by Crippen LogP contribution is 2.40. The van der Waals surface area contributed by atoms with Gasteiger partial charge in [-0.1, -0.05) is 41.5 Å². The average molecular weight is 331 g/mol. The molecule has 0 spiro atoms. The Labute approximate surface area is 145 Å². The molecular weight excluding hydrogens is 302 g/mol. The standard InChI is InChI=1S/C20H29NO3/c1-19(2,3)15-11-13(12-16(17(15)22)20(4,5)6)10-14-8-9-21(24-7)18(14)23/h10-12,22H,8-9H2,1-7H3/b14-10-. The molecule has 1 aliphatic rings. The van der Waals surface area contributed by atoms with E-state index in [4.69, 9.17) is 4.84 Å². The van der Waals surface area contributed by atoms with Crippen molar-refractivity contribution in [2.24, 2.45) is 0 Å². The van der Waals surface area contributed by atoms with Crippen molar-refractivity contribution in [2.45, 2.75) is 58.8 Å². The van der Waals surface area contributed by atoms with Crippen LogP contribution in [0.15, 0.2) is 17.7 Å². The van der Waals surface area contributed by atoms with Crippen LogP contribution < -0.4 is 0 Å². The molecule has 0 radical (unpaired) electrons. The second-order valence-electron chi connectivity index (χ2n) is 8.47. The molecule has 0 atom stereocenters. The summed E-state index contributed by atoms with van der Waals surface area (Å²) in [5.41, 5.74) is 3.12. The molecule has 1 fully saturated rings. The third-order valence-electron chi connectivity index (χ3n) is 4.40. The number of hydrogen-bond donors (Lipinski definition) is 1. The number of hydroxylamine groups is 2. The lowest BCUT2D eigenvalue weighted by molar-refractivity contribution is -0.164. The highest BCUT2D eigenvalue weighted by atomic mass is 16.7. The quantitative estimate of drug-likeness (QED) is 0.828. The summed E-state index contributed by atoms with van der Waals surface area (Å²) < 4.78 is 0. The average Bonchev–Trinajstić information content (AvgIpc) is 2.78. The minimum Gasteiger partial charge on any atom is -0.507 e. The van der Waals surface area contributed by atoms with E-state index in [2.05, 4.69) is 41.5 Å². The summed E-state index contributed by atoms with van der Waals surface area (Å²) in [6.45, 7) is 13.1. The first-order valence-corrected chi connectivity index (χ1v) is 8.39. The molecule has 24 heavy (non-hydrogen) atoms.